The van der Waals surface area contributed by atoms with E-state index in [2.05, 4.69) is 15.9 Å². The molecule has 0 spiro atoms. The first-order chi connectivity index (χ1) is 5.15. The van der Waals surface area contributed by atoms with Gasteiger partial charge in [-0.05, 0) is 28.1 Å². The van der Waals surface area contributed by atoms with Gasteiger partial charge in [0.2, 0.25) is 0 Å². The van der Waals surface area contributed by atoms with Crippen molar-refractivity contribution in [3.63, 3.8) is 0 Å². The molecule has 58 valence electrons. The Balaban J connectivity index is 3.31. The van der Waals surface area contributed by atoms with Gasteiger partial charge in [-0.3, -0.25) is 4.79 Å². The summed E-state index contributed by atoms with van der Waals surface area (Å²) in [6.45, 7) is 0. The van der Waals surface area contributed by atoms with E-state index in [0.717, 1.165) is 0 Å². The SMILES string of the molecule is O=Cc1cc(Br)c(Cl)cc1Cl. The molecule has 1 aromatic rings. The first kappa shape index (κ1) is 9.04. The molecule has 0 radical (unpaired) electrons. The average molecular weight is 254 g/mol. The molecule has 1 nitrogen and oxygen atoms in total. The highest BCUT2D eigenvalue weighted by molar-refractivity contribution is 9.10. The van der Waals surface area contributed by atoms with Crippen molar-refractivity contribution in [3.05, 3.63) is 32.2 Å². The molecule has 0 saturated carbocycles. The van der Waals surface area contributed by atoms with Gasteiger partial charge in [-0.1, -0.05) is 23.2 Å². The lowest BCUT2D eigenvalue weighted by atomic mass is 10.2. The van der Waals surface area contributed by atoms with Crippen molar-refractivity contribution in [2.24, 2.45) is 0 Å². The van der Waals surface area contributed by atoms with Crippen LogP contribution in [0.15, 0.2) is 16.6 Å². The van der Waals surface area contributed by atoms with Crippen molar-refractivity contribution >= 4 is 45.4 Å². The largest absolute Gasteiger partial charge is 0.298 e. The molecule has 0 unspecified atom stereocenters. The number of hydrogen-bond acceptors (Lipinski definition) is 1. The molecule has 11 heavy (non-hydrogen) atoms. The monoisotopic (exact) mass is 252 g/mol. The van der Waals surface area contributed by atoms with Gasteiger partial charge in [-0.2, -0.15) is 0 Å². The van der Waals surface area contributed by atoms with Crippen molar-refractivity contribution in [2.75, 3.05) is 0 Å². The molecule has 0 aliphatic rings. The summed E-state index contributed by atoms with van der Waals surface area (Å²) in [7, 11) is 0. The Kier molecular flexibility index (Phi) is 2.93. The predicted octanol–water partition coefficient (Wildman–Crippen LogP) is 3.57. The average Bonchev–Trinajstić information content (AvgIpc) is 1.97. The van der Waals surface area contributed by atoms with Crippen molar-refractivity contribution in [1.82, 2.24) is 0 Å². The number of halogens is 3. The van der Waals surface area contributed by atoms with E-state index in [0.29, 0.717) is 26.4 Å². The van der Waals surface area contributed by atoms with E-state index in [-0.39, 0.29) is 0 Å². The molecule has 0 heterocycles. The lowest BCUT2D eigenvalue weighted by Gasteiger charge is -1.98. The van der Waals surface area contributed by atoms with Crippen LogP contribution in [0.1, 0.15) is 10.4 Å². The van der Waals surface area contributed by atoms with Gasteiger partial charge in [-0.25, -0.2) is 0 Å². The molecule has 0 N–H and O–H groups in total. The second-order valence-corrected chi connectivity index (χ2v) is 3.57. The number of benzene rings is 1. The Hall–Kier alpha value is -0.0500. The predicted molar refractivity (Wildman–Crippen MR) is 49.5 cm³/mol. The number of hydrogen-bond donors (Lipinski definition) is 0. The summed E-state index contributed by atoms with van der Waals surface area (Å²) in [6, 6.07) is 3.11. The minimum absolute atomic E-state index is 0.369. The van der Waals surface area contributed by atoms with Crippen LogP contribution in [0.4, 0.5) is 0 Å². The van der Waals surface area contributed by atoms with E-state index in [9.17, 15) is 4.79 Å². The first-order valence-corrected chi connectivity index (χ1v) is 4.29. The van der Waals surface area contributed by atoms with Crippen molar-refractivity contribution in [3.8, 4) is 0 Å². The minimum atomic E-state index is 0.369. The number of carbonyl (C=O) groups is 1. The third-order valence-electron chi connectivity index (χ3n) is 1.17. The molecule has 0 fully saturated rings. The van der Waals surface area contributed by atoms with Crippen molar-refractivity contribution in [1.29, 1.82) is 0 Å². The molecule has 0 amide bonds. The highest BCUT2D eigenvalue weighted by Gasteiger charge is 2.03. The number of aldehydes is 1. The van der Waals surface area contributed by atoms with Gasteiger partial charge in [0.05, 0.1) is 10.0 Å². The first-order valence-electron chi connectivity index (χ1n) is 2.75. The van der Waals surface area contributed by atoms with Gasteiger partial charge in [0.15, 0.2) is 6.29 Å². The molecular weight excluding hydrogens is 251 g/mol. The smallest absolute Gasteiger partial charge is 0.151 e. The van der Waals surface area contributed by atoms with Crippen LogP contribution in [0.25, 0.3) is 0 Å². The Morgan fingerprint density at radius 2 is 1.91 bits per heavy atom. The van der Waals surface area contributed by atoms with Crippen LogP contribution in [-0.4, -0.2) is 6.29 Å². The van der Waals surface area contributed by atoms with Crippen molar-refractivity contribution in [2.45, 2.75) is 0 Å². The van der Waals surface area contributed by atoms with E-state index in [1.54, 1.807) is 6.07 Å². The molecule has 0 bridgehead atoms. The van der Waals surface area contributed by atoms with Gasteiger partial charge in [0, 0.05) is 10.0 Å². The molecule has 0 aliphatic heterocycles. The summed E-state index contributed by atoms with van der Waals surface area (Å²) >= 11 is 14.5. The quantitative estimate of drug-likeness (QED) is 0.553. The zero-order valence-corrected chi connectivity index (χ0v) is 8.37. The third-order valence-corrected chi connectivity index (χ3v) is 2.69. The summed E-state index contributed by atoms with van der Waals surface area (Å²) in [4.78, 5) is 10.3. The van der Waals surface area contributed by atoms with Gasteiger partial charge >= 0.3 is 0 Å². The maximum atomic E-state index is 10.3. The van der Waals surface area contributed by atoms with Gasteiger partial charge in [0.25, 0.3) is 0 Å². The van der Waals surface area contributed by atoms with E-state index < -0.39 is 0 Å². The fourth-order valence-corrected chi connectivity index (χ4v) is 1.42. The summed E-state index contributed by atoms with van der Waals surface area (Å²) in [5, 5.41) is 0.869. The second-order valence-electron chi connectivity index (χ2n) is 1.91. The Morgan fingerprint density at radius 1 is 1.27 bits per heavy atom. The standard InChI is InChI=1S/C7H3BrCl2O/c8-5-1-4(3-11)6(9)2-7(5)10/h1-3H. The summed E-state index contributed by atoms with van der Waals surface area (Å²) in [6.07, 6.45) is 0.684. The summed E-state index contributed by atoms with van der Waals surface area (Å²) in [5.41, 5.74) is 0.433. The van der Waals surface area contributed by atoms with Gasteiger partial charge in [-0.15, -0.1) is 0 Å². The van der Waals surface area contributed by atoms with Crippen LogP contribution < -0.4 is 0 Å². The van der Waals surface area contributed by atoms with Crippen LogP contribution in [0.5, 0.6) is 0 Å². The van der Waals surface area contributed by atoms with E-state index >= 15 is 0 Å². The van der Waals surface area contributed by atoms with Crippen LogP contribution in [-0.2, 0) is 0 Å². The number of rotatable bonds is 1. The molecule has 0 saturated heterocycles. The molecule has 0 atom stereocenters. The highest BCUT2D eigenvalue weighted by atomic mass is 79.9. The number of carbonyl (C=O) groups excluding carboxylic acids is 1. The van der Waals surface area contributed by atoms with E-state index in [4.69, 9.17) is 23.2 Å². The third kappa shape index (κ3) is 1.95. The Bertz CT molecular complexity index is 299. The van der Waals surface area contributed by atoms with Crippen LogP contribution in [0, 0.1) is 0 Å². The maximum Gasteiger partial charge on any atom is 0.151 e. The molecular formula is C7H3BrCl2O. The van der Waals surface area contributed by atoms with Gasteiger partial charge < -0.3 is 0 Å². The van der Waals surface area contributed by atoms with Crippen LogP contribution in [0.2, 0.25) is 10.0 Å². The molecule has 4 heteroatoms. The minimum Gasteiger partial charge on any atom is -0.298 e. The van der Waals surface area contributed by atoms with Crippen LogP contribution >= 0.6 is 39.1 Å². The summed E-state index contributed by atoms with van der Waals surface area (Å²) < 4.78 is 0.672. The molecule has 1 rings (SSSR count). The Labute approximate surface area is 82.4 Å². The molecule has 1 aromatic carbocycles. The zero-order chi connectivity index (χ0) is 8.43. The fourth-order valence-electron chi connectivity index (χ4n) is 0.628. The summed E-state index contributed by atoms with van der Waals surface area (Å²) in [5.74, 6) is 0. The molecule has 0 aromatic heterocycles. The van der Waals surface area contributed by atoms with Crippen molar-refractivity contribution < 1.29 is 4.79 Å². The topological polar surface area (TPSA) is 17.1 Å². The second kappa shape index (κ2) is 3.57. The van der Waals surface area contributed by atoms with E-state index in [1.165, 1.54) is 6.07 Å². The Morgan fingerprint density at radius 3 is 2.45 bits per heavy atom. The van der Waals surface area contributed by atoms with Crippen LogP contribution in [0.3, 0.4) is 0 Å². The lowest BCUT2D eigenvalue weighted by molar-refractivity contribution is 0.112. The zero-order valence-electron chi connectivity index (χ0n) is 5.27. The van der Waals surface area contributed by atoms with Gasteiger partial charge in [0.1, 0.15) is 0 Å². The lowest BCUT2D eigenvalue weighted by Crippen LogP contribution is -1.82. The maximum absolute atomic E-state index is 10.3. The highest BCUT2D eigenvalue weighted by Crippen LogP contribution is 2.28. The molecule has 0 aliphatic carbocycles. The van der Waals surface area contributed by atoms with E-state index in [1.807, 2.05) is 0 Å². The fraction of sp³-hybridized carbons (Fsp3) is 0. The normalized spacial score (nSPS) is 9.73.